The molecule has 1 N–H and O–H groups in total. The van der Waals surface area contributed by atoms with Crippen LogP contribution in [0.15, 0.2) is 51.7 Å². The largest absolute Gasteiger partial charge is 0.482 e. The Morgan fingerprint density at radius 2 is 1.74 bits per heavy atom. The average molecular weight is 368 g/mol. The molecule has 2 aromatic carbocycles. The molecule has 0 atom stereocenters. The second kappa shape index (κ2) is 7.95. The van der Waals surface area contributed by atoms with Crippen LogP contribution in [-0.4, -0.2) is 17.7 Å². The van der Waals surface area contributed by atoms with E-state index >= 15 is 0 Å². The molecule has 0 bridgehead atoms. The van der Waals surface area contributed by atoms with Crippen LogP contribution in [0, 0.1) is 0 Å². The van der Waals surface area contributed by atoms with Gasteiger partial charge >= 0.3 is 5.97 Å². The summed E-state index contributed by atoms with van der Waals surface area (Å²) in [6, 6.07) is 12.2. The molecule has 0 unspecified atom stereocenters. The molecule has 0 amide bonds. The summed E-state index contributed by atoms with van der Waals surface area (Å²) in [6.07, 6.45) is 1.39. The molecule has 3 rings (SSSR count). The van der Waals surface area contributed by atoms with Gasteiger partial charge in [-0.15, -0.1) is 0 Å². The molecule has 0 aliphatic heterocycles. The van der Waals surface area contributed by atoms with Crippen molar-refractivity contribution in [3.8, 4) is 17.2 Å². The molecule has 27 heavy (non-hydrogen) atoms. The fourth-order valence-electron chi connectivity index (χ4n) is 2.68. The molecule has 0 aliphatic rings. The predicted molar refractivity (Wildman–Crippen MR) is 101 cm³/mol. The van der Waals surface area contributed by atoms with Crippen LogP contribution in [-0.2, 0) is 17.6 Å². The van der Waals surface area contributed by atoms with Crippen LogP contribution in [0.1, 0.15) is 25.2 Å². The van der Waals surface area contributed by atoms with Crippen LogP contribution in [0.3, 0.4) is 0 Å². The molecule has 6 nitrogen and oxygen atoms in total. The number of hydrogen-bond acceptors (Lipinski definition) is 5. The van der Waals surface area contributed by atoms with Gasteiger partial charge in [-0.2, -0.15) is 0 Å². The highest BCUT2D eigenvalue weighted by atomic mass is 16.5. The zero-order valence-corrected chi connectivity index (χ0v) is 15.2. The molecule has 0 spiro atoms. The molecule has 6 heteroatoms. The van der Waals surface area contributed by atoms with E-state index in [1.165, 1.54) is 17.7 Å². The Morgan fingerprint density at radius 1 is 1.04 bits per heavy atom. The number of carboxylic acids is 1. The molecule has 0 radical (unpaired) electrons. The molecule has 0 aliphatic carbocycles. The Labute approximate surface area is 156 Å². The van der Waals surface area contributed by atoms with Gasteiger partial charge in [-0.3, -0.25) is 4.79 Å². The zero-order chi connectivity index (χ0) is 19.4. The maximum Gasteiger partial charge on any atom is 0.341 e. The first kappa shape index (κ1) is 18.5. The number of aliphatic carboxylic acids is 1. The van der Waals surface area contributed by atoms with Gasteiger partial charge in [-0.05, 0) is 36.2 Å². The number of fused-ring (bicyclic) bond motifs is 1. The highest BCUT2D eigenvalue weighted by Crippen LogP contribution is 2.28. The van der Waals surface area contributed by atoms with Crippen LogP contribution in [0.2, 0.25) is 0 Å². The van der Waals surface area contributed by atoms with Crippen molar-refractivity contribution < 1.29 is 23.8 Å². The Bertz CT molecular complexity index is 1020. The number of benzene rings is 2. The Kier molecular flexibility index (Phi) is 5.45. The van der Waals surface area contributed by atoms with E-state index in [1.54, 1.807) is 6.07 Å². The van der Waals surface area contributed by atoms with Crippen LogP contribution in [0.25, 0.3) is 11.0 Å². The van der Waals surface area contributed by atoms with Gasteiger partial charge in [-0.25, -0.2) is 4.79 Å². The minimum Gasteiger partial charge on any atom is -0.482 e. The van der Waals surface area contributed by atoms with Crippen molar-refractivity contribution in [2.75, 3.05) is 6.61 Å². The average Bonchev–Trinajstić information content (AvgIpc) is 2.68. The minimum atomic E-state index is -1.08. The summed E-state index contributed by atoms with van der Waals surface area (Å²) in [5, 5.41) is 9.05. The lowest BCUT2D eigenvalue weighted by Crippen LogP contribution is -2.10. The molecule has 140 valence electrons. The van der Waals surface area contributed by atoms with Gasteiger partial charge in [-0.1, -0.05) is 26.0 Å². The maximum atomic E-state index is 12.9. The molecule has 0 saturated carbocycles. The van der Waals surface area contributed by atoms with Crippen molar-refractivity contribution in [2.45, 2.75) is 26.7 Å². The van der Waals surface area contributed by atoms with Crippen LogP contribution < -0.4 is 14.9 Å². The van der Waals surface area contributed by atoms with Gasteiger partial charge in [0.1, 0.15) is 17.1 Å². The van der Waals surface area contributed by atoms with Crippen molar-refractivity contribution in [1.29, 1.82) is 0 Å². The van der Waals surface area contributed by atoms with E-state index in [2.05, 4.69) is 6.92 Å². The highest BCUT2D eigenvalue weighted by molar-refractivity contribution is 5.80. The monoisotopic (exact) mass is 368 g/mol. The van der Waals surface area contributed by atoms with E-state index in [9.17, 15) is 9.59 Å². The van der Waals surface area contributed by atoms with E-state index < -0.39 is 12.6 Å². The van der Waals surface area contributed by atoms with Gasteiger partial charge in [0.2, 0.25) is 11.2 Å². The second-order valence-corrected chi connectivity index (χ2v) is 5.98. The summed E-state index contributed by atoms with van der Waals surface area (Å²) in [7, 11) is 0. The molecule has 3 aromatic rings. The predicted octanol–water partition coefficient (Wildman–Crippen LogP) is 4.17. The van der Waals surface area contributed by atoms with Crippen LogP contribution in [0.4, 0.5) is 0 Å². The molecular formula is C21H20O6. The number of hydrogen-bond donors (Lipinski definition) is 1. The topological polar surface area (TPSA) is 86.0 Å². The maximum absolute atomic E-state index is 12.9. The second-order valence-electron chi connectivity index (χ2n) is 5.98. The third kappa shape index (κ3) is 4.11. The zero-order valence-electron chi connectivity index (χ0n) is 15.2. The highest BCUT2D eigenvalue weighted by Gasteiger charge is 2.16. The third-order valence-electron chi connectivity index (χ3n) is 4.13. The molecular weight excluding hydrogens is 348 g/mol. The van der Waals surface area contributed by atoms with E-state index in [0.717, 1.165) is 6.42 Å². The van der Waals surface area contributed by atoms with E-state index in [0.29, 0.717) is 34.6 Å². The summed E-state index contributed by atoms with van der Waals surface area (Å²) >= 11 is 0. The molecule has 1 heterocycles. The number of aryl methyl sites for hydroxylation is 2. The van der Waals surface area contributed by atoms with Crippen molar-refractivity contribution in [1.82, 2.24) is 0 Å². The first-order chi connectivity index (χ1) is 13.0. The van der Waals surface area contributed by atoms with Crippen LogP contribution in [0.5, 0.6) is 17.2 Å². The van der Waals surface area contributed by atoms with Crippen LogP contribution >= 0.6 is 0 Å². The summed E-state index contributed by atoms with van der Waals surface area (Å²) in [5.41, 5.74) is 1.23. The van der Waals surface area contributed by atoms with E-state index in [-0.39, 0.29) is 11.2 Å². The first-order valence-electron chi connectivity index (χ1n) is 8.73. The first-order valence-corrected chi connectivity index (χ1v) is 8.73. The van der Waals surface area contributed by atoms with E-state index in [4.69, 9.17) is 19.0 Å². The Balaban J connectivity index is 1.99. The van der Waals surface area contributed by atoms with Gasteiger partial charge < -0.3 is 19.0 Å². The summed E-state index contributed by atoms with van der Waals surface area (Å²) in [4.78, 5) is 23.5. The van der Waals surface area contributed by atoms with Crippen molar-refractivity contribution in [2.24, 2.45) is 0 Å². The quantitative estimate of drug-likeness (QED) is 0.673. The number of carboxylic acid groups (broad SMARTS) is 1. The van der Waals surface area contributed by atoms with Gasteiger partial charge in [0.15, 0.2) is 12.4 Å². The van der Waals surface area contributed by atoms with E-state index in [1.807, 2.05) is 31.2 Å². The lowest BCUT2D eigenvalue weighted by Gasteiger charge is -2.11. The van der Waals surface area contributed by atoms with Gasteiger partial charge in [0.05, 0.1) is 5.39 Å². The molecule has 1 aromatic heterocycles. The summed E-state index contributed by atoms with van der Waals surface area (Å²) in [5.74, 6) is 0.383. The van der Waals surface area contributed by atoms with Crippen molar-refractivity contribution >= 4 is 16.9 Å². The lowest BCUT2D eigenvalue weighted by molar-refractivity contribution is -0.139. The number of rotatable bonds is 7. The van der Waals surface area contributed by atoms with Crippen molar-refractivity contribution in [3.63, 3.8) is 0 Å². The molecule has 0 fully saturated rings. The smallest absolute Gasteiger partial charge is 0.341 e. The third-order valence-corrected chi connectivity index (χ3v) is 4.13. The number of ether oxygens (including phenoxy) is 2. The number of carbonyl (C=O) groups is 1. The van der Waals surface area contributed by atoms with Gasteiger partial charge in [0, 0.05) is 12.5 Å². The summed E-state index contributed by atoms with van der Waals surface area (Å²) < 4.78 is 16.8. The summed E-state index contributed by atoms with van der Waals surface area (Å²) in [6.45, 7) is 3.46. The fraction of sp³-hybridized carbons (Fsp3) is 0.238. The minimum absolute atomic E-state index is 0.161. The Hall–Kier alpha value is -3.28. The normalized spacial score (nSPS) is 10.7. The lowest BCUT2D eigenvalue weighted by atomic mass is 10.1. The standard InChI is InChI=1S/C21H20O6/c1-3-13-5-7-14(8-6-13)26-21-17(4-2)27-18-11-15(25-12-19(22)23)9-10-16(18)20(21)24/h5-11H,3-4,12H2,1-2H3,(H,22,23). The van der Waals surface area contributed by atoms with Crippen molar-refractivity contribution in [3.05, 3.63) is 64.0 Å². The van der Waals surface area contributed by atoms with Gasteiger partial charge in [0.25, 0.3) is 0 Å². The molecule has 0 saturated heterocycles. The fourth-order valence-corrected chi connectivity index (χ4v) is 2.68. The SMILES string of the molecule is CCc1ccc(Oc2c(CC)oc3cc(OCC(=O)O)ccc3c2=O)cc1. The Morgan fingerprint density at radius 3 is 2.37 bits per heavy atom.